The maximum absolute atomic E-state index is 13.0. The van der Waals surface area contributed by atoms with Crippen molar-refractivity contribution in [2.24, 2.45) is 0 Å². The monoisotopic (exact) mass is 498 g/mol. The molecule has 0 saturated heterocycles. The lowest BCUT2D eigenvalue weighted by atomic mass is 10.0. The van der Waals surface area contributed by atoms with Crippen LogP contribution in [0, 0.1) is 13.8 Å². The summed E-state index contributed by atoms with van der Waals surface area (Å²) in [4.78, 5) is 33.0. The van der Waals surface area contributed by atoms with E-state index in [0.29, 0.717) is 34.1 Å². The van der Waals surface area contributed by atoms with Gasteiger partial charge in [0.15, 0.2) is 11.5 Å². The van der Waals surface area contributed by atoms with Gasteiger partial charge in [0.2, 0.25) is 5.91 Å². The zero-order chi connectivity index (χ0) is 26.0. The lowest BCUT2D eigenvalue weighted by Crippen LogP contribution is -2.25. The van der Waals surface area contributed by atoms with Crippen LogP contribution in [0.25, 0.3) is 16.9 Å². The number of imidazole rings is 1. The van der Waals surface area contributed by atoms with E-state index < -0.39 is 12.3 Å². The summed E-state index contributed by atoms with van der Waals surface area (Å²) in [6.45, 7) is 4.63. The highest BCUT2D eigenvalue weighted by Gasteiger charge is 2.32. The molecule has 9 nitrogen and oxygen atoms in total. The molecule has 2 amide bonds. The molecule has 36 heavy (non-hydrogen) atoms. The van der Waals surface area contributed by atoms with Crippen LogP contribution in [-0.2, 0) is 11.3 Å². The summed E-state index contributed by atoms with van der Waals surface area (Å²) in [5, 5.41) is 9.73. The van der Waals surface area contributed by atoms with Gasteiger partial charge in [-0.1, -0.05) is 18.2 Å². The van der Waals surface area contributed by atoms with Crippen molar-refractivity contribution in [3.63, 3.8) is 0 Å². The van der Waals surface area contributed by atoms with Gasteiger partial charge in [-0.25, -0.2) is 9.50 Å². The summed E-state index contributed by atoms with van der Waals surface area (Å²) in [6.07, 6.45) is -3.29. The number of pyridine rings is 1. The lowest BCUT2D eigenvalue weighted by molar-refractivity contribution is -0.274. The Morgan fingerprint density at radius 3 is 2.53 bits per heavy atom. The van der Waals surface area contributed by atoms with E-state index in [1.54, 1.807) is 44.3 Å². The van der Waals surface area contributed by atoms with E-state index in [-0.39, 0.29) is 29.3 Å². The van der Waals surface area contributed by atoms with E-state index in [0.717, 1.165) is 0 Å². The number of aryl methyl sites for hydroxylation is 2. The van der Waals surface area contributed by atoms with Gasteiger partial charge in [0.1, 0.15) is 5.75 Å². The predicted molar refractivity (Wildman–Crippen MR) is 124 cm³/mol. The number of para-hydroxylation sites is 1. The van der Waals surface area contributed by atoms with Gasteiger partial charge in [-0.2, -0.15) is 5.10 Å². The van der Waals surface area contributed by atoms with Gasteiger partial charge in [-0.15, -0.1) is 13.2 Å². The van der Waals surface area contributed by atoms with Crippen molar-refractivity contribution in [1.29, 1.82) is 0 Å². The fourth-order valence-corrected chi connectivity index (χ4v) is 3.63. The maximum Gasteiger partial charge on any atom is 0.573 e. The number of benzene rings is 1. The molecule has 4 rings (SSSR count). The molecule has 1 aromatic carbocycles. The van der Waals surface area contributed by atoms with Gasteiger partial charge in [-0.05, 0) is 38.1 Å². The number of carbonyl (C=O) groups is 2. The average Bonchev–Trinajstić information content (AvgIpc) is 3.18. The minimum absolute atomic E-state index is 0.170. The van der Waals surface area contributed by atoms with Crippen LogP contribution in [0.4, 0.5) is 19.0 Å². The molecule has 0 aliphatic heterocycles. The Bertz CT molecular complexity index is 1470. The number of aromatic nitrogens is 4. The van der Waals surface area contributed by atoms with Gasteiger partial charge in [-0.3, -0.25) is 14.6 Å². The highest BCUT2D eigenvalue weighted by atomic mass is 19.4. The summed E-state index contributed by atoms with van der Waals surface area (Å²) in [5.41, 5.74) is 3.10. The van der Waals surface area contributed by atoms with Crippen LogP contribution >= 0.6 is 0 Å². The molecule has 0 atom stereocenters. The van der Waals surface area contributed by atoms with Crippen LogP contribution in [0.5, 0.6) is 5.75 Å². The van der Waals surface area contributed by atoms with Crippen molar-refractivity contribution in [2.75, 3.05) is 5.32 Å². The number of alkyl halides is 3. The van der Waals surface area contributed by atoms with Crippen LogP contribution in [0.2, 0.25) is 0 Å². The van der Waals surface area contributed by atoms with Crippen molar-refractivity contribution in [3.05, 3.63) is 71.2 Å². The maximum atomic E-state index is 13.0. The number of nitrogens with zero attached hydrogens (tertiary/aromatic N) is 4. The van der Waals surface area contributed by atoms with E-state index in [1.165, 1.54) is 29.6 Å². The fourth-order valence-electron chi connectivity index (χ4n) is 3.63. The first-order valence-electron chi connectivity index (χ1n) is 10.7. The highest BCUT2D eigenvalue weighted by Crippen LogP contribution is 2.27. The van der Waals surface area contributed by atoms with Crippen LogP contribution in [0.3, 0.4) is 0 Å². The third-order valence-corrected chi connectivity index (χ3v) is 5.19. The molecule has 186 valence electrons. The number of nitrogens with one attached hydrogen (secondary N) is 2. The SMILES string of the molecule is CC(=O)Nc1cn2nc(-c3cc(C(=O)NCc4ccccc4OC(F)(F)F)c(C)nc3C)ccc2n1. The Balaban J connectivity index is 1.59. The fraction of sp³-hybridized carbons (Fsp3) is 0.208. The second-order valence-corrected chi connectivity index (χ2v) is 7.92. The lowest BCUT2D eigenvalue weighted by Gasteiger charge is -2.15. The van der Waals surface area contributed by atoms with Gasteiger partial charge >= 0.3 is 6.36 Å². The van der Waals surface area contributed by atoms with E-state index >= 15 is 0 Å². The summed E-state index contributed by atoms with van der Waals surface area (Å²) < 4.78 is 43.6. The van der Waals surface area contributed by atoms with E-state index in [9.17, 15) is 22.8 Å². The molecule has 3 aromatic heterocycles. The quantitative estimate of drug-likeness (QED) is 0.412. The third-order valence-electron chi connectivity index (χ3n) is 5.19. The third kappa shape index (κ3) is 5.59. The Hall–Kier alpha value is -4.48. The Morgan fingerprint density at radius 1 is 1.06 bits per heavy atom. The van der Waals surface area contributed by atoms with Crippen LogP contribution in [-0.4, -0.2) is 37.8 Å². The number of ether oxygens (including phenoxy) is 1. The van der Waals surface area contributed by atoms with E-state index in [2.05, 4.69) is 30.4 Å². The van der Waals surface area contributed by atoms with E-state index in [1.807, 2.05) is 0 Å². The Labute approximate surface area is 203 Å². The van der Waals surface area contributed by atoms with Crippen LogP contribution in [0.15, 0.2) is 48.7 Å². The number of rotatable bonds is 6. The smallest absolute Gasteiger partial charge is 0.405 e. The zero-order valence-corrected chi connectivity index (χ0v) is 19.5. The minimum Gasteiger partial charge on any atom is -0.405 e. The van der Waals surface area contributed by atoms with Crippen LogP contribution in [0.1, 0.15) is 34.2 Å². The second-order valence-electron chi connectivity index (χ2n) is 7.92. The molecule has 4 aromatic rings. The van der Waals surface area contributed by atoms with Crippen molar-refractivity contribution in [1.82, 2.24) is 24.9 Å². The zero-order valence-electron chi connectivity index (χ0n) is 19.5. The number of amides is 2. The molecule has 0 unspecified atom stereocenters. The normalized spacial score (nSPS) is 11.4. The van der Waals surface area contributed by atoms with E-state index in [4.69, 9.17) is 0 Å². The van der Waals surface area contributed by atoms with Gasteiger partial charge in [0, 0.05) is 30.3 Å². The first kappa shape index (κ1) is 24.6. The summed E-state index contributed by atoms with van der Waals surface area (Å²) in [6, 6.07) is 10.6. The molecule has 0 spiro atoms. The first-order chi connectivity index (χ1) is 17.0. The first-order valence-corrected chi connectivity index (χ1v) is 10.7. The van der Waals surface area contributed by atoms with Gasteiger partial charge in [0.05, 0.1) is 23.1 Å². The molecule has 0 aliphatic rings. The Kier molecular flexibility index (Phi) is 6.60. The molecule has 0 bridgehead atoms. The minimum atomic E-state index is -4.85. The average molecular weight is 498 g/mol. The molecule has 0 saturated carbocycles. The predicted octanol–water partition coefficient (Wildman–Crippen LogP) is 4.20. The number of fused-ring (bicyclic) bond motifs is 1. The molecule has 2 N–H and O–H groups in total. The topological polar surface area (TPSA) is 111 Å². The second kappa shape index (κ2) is 9.64. The van der Waals surface area contributed by atoms with Crippen LogP contribution < -0.4 is 15.4 Å². The number of hydrogen-bond acceptors (Lipinski definition) is 6. The number of halogens is 3. The molecule has 12 heteroatoms. The number of hydrogen-bond donors (Lipinski definition) is 2. The number of carbonyl (C=O) groups excluding carboxylic acids is 2. The molecular formula is C24H21F3N6O3. The van der Waals surface area contributed by atoms with Gasteiger partial charge < -0.3 is 15.4 Å². The molecule has 0 radical (unpaired) electrons. The van der Waals surface area contributed by atoms with Gasteiger partial charge in [0.25, 0.3) is 5.91 Å². The van der Waals surface area contributed by atoms with Crippen molar-refractivity contribution in [3.8, 4) is 17.0 Å². The Morgan fingerprint density at radius 2 is 1.81 bits per heavy atom. The molecule has 0 fully saturated rings. The standard InChI is InChI=1S/C24H21F3N6O3/c1-13-17(19-8-9-22-31-21(30-15(3)34)12-33(22)32-19)10-18(14(2)29-13)23(35)28-11-16-6-4-5-7-20(16)36-24(25,26)27/h4-10,12H,11H2,1-3H3,(H,28,35)(H,30,34). The number of anilines is 1. The van der Waals surface area contributed by atoms with Crippen molar-refractivity contribution >= 4 is 23.3 Å². The largest absolute Gasteiger partial charge is 0.573 e. The summed E-state index contributed by atoms with van der Waals surface area (Å²) in [5.74, 6) is -0.817. The summed E-state index contributed by atoms with van der Waals surface area (Å²) >= 11 is 0. The van der Waals surface area contributed by atoms with Crippen molar-refractivity contribution < 1.29 is 27.5 Å². The molecular weight excluding hydrogens is 477 g/mol. The molecule has 0 aliphatic carbocycles. The molecule has 3 heterocycles. The highest BCUT2D eigenvalue weighted by molar-refractivity contribution is 5.96. The van der Waals surface area contributed by atoms with Crippen molar-refractivity contribution in [2.45, 2.75) is 33.7 Å². The summed E-state index contributed by atoms with van der Waals surface area (Å²) in [7, 11) is 0.